The Morgan fingerprint density at radius 2 is 1.55 bits per heavy atom. The molecule has 0 spiro atoms. The molecule has 0 N–H and O–H groups in total. The lowest BCUT2D eigenvalue weighted by Crippen LogP contribution is -2.28. The Kier molecular flexibility index (Phi) is 10.6. The summed E-state index contributed by atoms with van der Waals surface area (Å²) >= 11 is 4.06. The summed E-state index contributed by atoms with van der Waals surface area (Å²) in [5.74, 6) is 5.16. The highest BCUT2D eigenvalue weighted by molar-refractivity contribution is 7.99. The van der Waals surface area contributed by atoms with E-state index in [1.54, 1.807) is 0 Å². The molecule has 0 saturated carbocycles. The molecule has 29 heavy (non-hydrogen) atoms. The molecule has 0 saturated heterocycles. The van der Waals surface area contributed by atoms with Crippen LogP contribution < -0.4 is 0 Å². The van der Waals surface area contributed by atoms with Crippen LogP contribution in [0.2, 0.25) is 19.1 Å². The molecular weight excluding hydrogens is 408 g/mol. The minimum atomic E-state index is -1.38. The lowest BCUT2D eigenvalue weighted by Gasteiger charge is -2.19. The molecule has 0 heterocycles. The summed E-state index contributed by atoms with van der Waals surface area (Å²) in [4.78, 5) is 0. The topological polar surface area (TPSA) is 9.23 Å². The lowest BCUT2D eigenvalue weighted by molar-refractivity contribution is 0.403. The molecule has 0 aliphatic rings. The number of hydrogen-bond acceptors (Lipinski definition) is 3. The normalized spacial score (nSPS) is 12.7. The van der Waals surface area contributed by atoms with Gasteiger partial charge in [-0.3, -0.25) is 0 Å². The average Bonchev–Trinajstić information content (AvgIpc) is 2.74. The van der Waals surface area contributed by atoms with E-state index < -0.39 is 8.32 Å². The maximum absolute atomic E-state index is 5.63. The van der Waals surface area contributed by atoms with Crippen molar-refractivity contribution in [1.29, 1.82) is 0 Å². The van der Waals surface area contributed by atoms with Crippen molar-refractivity contribution < 1.29 is 4.43 Å². The number of thioether (sulfide) groups is 2. The van der Waals surface area contributed by atoms with Gasteiger partial charge in [-0.2, -0.15) is 23.5 Å². The zero-order valence-electron chi connectivity index (χ0n) is 18.4. The van der Waals surface area contributed by atoms with Gasteiger partial charge in [-0.15, -0.1) is 0 Å². The molecule has 1 unspecified atom stereocenters. The summed E-state index contributed by atoms with van der Waals surface area (Å²) in [5, 5.41) is 0. The van der Waals surface area contributed by atoms with E-state index in [4.69, 9.17) is 4.43 Å². The molecule has 0 radical (unpaired) electrons. The van der Waals surface area contributed by atoms with E-state index in [0.717, 1.165) is 11.5 Å². The lowest BCUT2D eigenvalue weighted by atomic mass is 10.0. The second-order valence-corrected chi connectivity index (χ2v) is 14.8. The van der Waals surface area contributed by atoms with Crippen molar-refractivity contribution in [2.24, 2.45) is 0 Å². The van der Waals surface area contributed by atoms with E-state index in [-0.39, 0.29) is 0 Å². The zero-order valence-corrected chi connectivity index (χ0v) is 21.1. The first kappa shape index (κ1) is 24.3. The highest BCUT2D eigenvalue weighted by atomic mass is 32.2. The average molecular weight is 445 g/mol. The molecule has 0 amide bonds. The quantitative estimate of drug-likeness (QED) is 0.230. The van der Waals surface area contributed by atoms with E-state index in [9.17, 15) is 0 Å². The Labute approximate surface area is 187 Å². The second-order valence-electron chi connectivity index (χ2n) is 8.22. The van der Waals surface area contributed by atoms with Gasteiger partial charge < -0.3 is 4.43 Å². The van der Waals surface area contributed by atoms with E-state index in [1.807, 2.05) is 24.9 Å². The van der Waals surface area contributed by atoms with Crippen LogP contribution in [-0.4, -0.2) is 26.9 Å². The predicted octanol–water partition coefficient (Wildman–Crippen LogP) is 7.84. The van der Waals surface area contributed by atoms with Gasteiger partial charge in [0, 0.05) is 18.6 Å². The largest absolute Gasteiger partial charge is 0.420 e. The standard InChI is InChI=1S/C25H36OS2Si/c1-6-22-8-10-23(11-9-22)19-28-20-24-12-14-25(15-13-24)21(2)18-27-16-7-17-29(4,5)26-3/h6,8-15,21H,1,7,16-20H2,2-5H3. The van der Waals surface area contributed by atoms with Crippen LogP contribution in [0.4, 0.5) is 0 Å². The first-order valence-corrected chi connectivity index (χ1v) is 15.9. The van der Waals surface area contributed by atoms with Crippen LogP contribution in [0.25, 0.3) is 6.08 Å². The van der Waals surface area contributed by atoms with Gasteiger partial charge in [0.15, 0.2) is 8.32 Å². The highest BCUT2D eigenvalue weighted by Gasteiger charge is 2.19. The van der Waals surface area contributed by atoms with Crippen molar-refractivity contribution in [3.63, 3.8) is 0 Å². The molecule has 0 bridgehead atoms. The van der Waals surface area contributed by atoms with Crippen LogP contribution >= 0.6 is 23.5 Å². The Morgan fingerprint density at radius 3 is 2.10 bits per heavy atom. The molecule has 2 aromatic rings. The SMILES string of the molecule is C=Cc1ccc(CSCc2ccc(C(C)CSCCC[Si](C)(C)OC)cc2)cc1. The summed E-state index contributed by atoms with van der Waals surface area (Å²) in [6, 6.07) is 19.2. The first-order chi connectivity index (χ1) is 13.9. The van der Waals surface area contributed by atoms with Crippen LogP contribution in [0.3, 0.4) is 0 Å². The third-order valence-corrected chi connectivity index (χ3v) is 10.3. The molecule has 0 aliphatic heterocycles. The summed E-state index contributed by atoms with van der Waals surface area (Å²) in [6.45, 7) is 10.8. The second kappa shape index (κ2) is 12.7. The van der Waals surface area contributed by atoms with Crippen molar-refractivity contribution in [1.82, 2.24) is 0 Å². The van der Waals surface area contributed by atoms with Crippen LogP contribution in [0.5, 0.6) is 0 Å². The van der Waals surface area contributed by atoms with Crippen molar-refractivity contribution in [2.75, 3.05) is 18.6 Å². The van der Waals surface area contributed by atoms with E-state index in [2.05, 4.69) is 86.9 Å². The number of hydrogen-bond donors (Lipinski definition) is 0. The van der Waals surface area contributed by atoms with Crippen molar-refractivity contribution in [3.05, 3.63) is 77.4 Å². The monoisotopic (exact) mass is 444 g/mol. The molecule has 158 valence electrons. The third-order valence-electron chi connectivity index (χ3n) is 5.29. The minimum absolute atomic E-state index is 0.609. The van der Waals surface area contributed by atoms with Gasteiger partial charge in [0.05, 0.1) is 0 Å². The van der Waals surface area contributed by atoms with Crippen molar-refractivity contribution in [2.45, 2.75) is 49.9 Å². The predicted molar refractivity (Wildman–Crippen MR) is 138 cm³/mol. The summed E-state index contributed by atoms with van der Waals surface area (Å²) in [5.41, 5.74) is 5.42. The Bertz CT molecular complexity index is 725. The number of rotatable bonds is 13. The third kappa shape index (κ3) is 9.16. The van der Waals surface area contributed by atoms with Gasteiger partial charge in [-0.1, -0.05) is 68.1 Å². The molecule has 1 atom stereocenters. The summed E-state index contributed by atoms with van der Waals surface area (Å²) in [6.07, 6.45) is 3.17. The van der Waals surface area contributed by atoms with Crippen LogP contribution in [-0.2, 0) is 15.9 Å². The summed E-state index contributed by atoms with van der Waals surface area (Å²) < 4.78 is 5.63. The Balaban J connectivity index is 1.68. The van der Waals surface area contributed by atoms with Crippen LogP contribution in [0.15, 0.2) is 55.1 Å². The summed E-state index contributed by atoms with van der Waals surface area (Å²) in [7, 11) is 0.484. The fourth-order valence-corrected chi connectivity index (χ4v) is 6.55. The highest BCUT2D eigenvalue weighted by Crippen LogP contribution is 2.24. The molecule has 2 rings (SSSR count). The Hall–Kier alpha value is -0.943. The molecule has 0 aromatic heterocycles. The van der Waals surface area contributed by atoms with Gasteiger partial charge in [0.1, 0.15) is 0 Å². The molecule has 2 aromatic carbocycles. The van der Waals surface area contributed by atoms with Gasteiger partial charge in [0.2, 0.25) is 0 Å². The fourth-order valence-electron chi connectivity index (χ4n) is 3.04. The minimum Gasteiger partial charge on any atom is -0.420 e. The fraction of sp³-hybridized carbons (Fsp3) is 0.440. The van der Waals surface area contributed by atoms with Gasteiger partial charge in [-0.05, 0) is 65.2 Å². The maximum Gasteiger partial charge on any atom is 0.186 e. The van der Waals surface area contributed by atoms with E-state index in [1.165, 1.54) is 46.2 Å². The van der Waals surface area contributed by atoms with E-state index in [0.29, 0.717) is 5.92 Å². The van der Waals surface area contributed by atoms with Crippen molar-refractivity contribution in [3.8, 4) is 0 Å². The molecule has 1 nitrogen and oxygen atoms in total. The molecule has 4 heteroatoms. The van der Waals surface area contributed by atoms with Gasteiger partial charge in [-0.25, -0.2) is 0 Å². The molecule has 0 aliphatic carbocycles. The van der Waals surface area contributed by atoms with Crippen LogP contribution in [0, 0.1) is 0 Å². The molecule has 0 fully saturated rings. The van der Waals surface area contributed by atoms with Crippen molar-refractivity contribution >= 4 is 37.9 Å². The molecular formula is C25H36OS2Si. The van der Waals surface area contributed by atoms with Gasteiger partial charge >= 0.3 is 0 Å². The smallest absolute Gasteiger partial charge is 0.186 e. The van der Waals surface area contributed by atoms with Gasteiger partial charge in [0.25, 0.3) is 0 Å². The zero-order chi connectivity index (χ0) is 21.1. The number of benzene rings is 2. The van der Waals surface area contributed by atoms with E-state index >= 15 is 0 Å². The first-order valence-electron chi connectivity index (χ1n) is 10.4. The maximum atomic E-state index is 5.63. The Morgan fingerprint density at radius 1 is 0.966 bits per heavy atom. The van der Waals surface area contributed by atoms with Crippen LogP contribution in [0.1, 0.15) is 41.5 Å².